The van der Waals surface area contributed by atoms with Crippen LogP contribution in [0.25, 0.3) is 10.1 Å². The van der Waals surface area contributed by atoms with Gasteiger partial charge in [0.25, 0.3) is 0 Å². The van der Waals surface area contributed by atoms with E-state index in [4.69, 9.17) is 19.9 Å². The number of aromatic nitrogens is 1. The predicted octanol–water partition coefficient (Wildman–Crippen LogP) is 4.74. The van der Waals surface area contributed by atoms with Gasteiger partial charge in [-0.2, -0.15) is 0 Å². The predicted molar refractivity (Wildman–Crippen MR) is 119 cm³/mol. The molecule has 0 radical (unpaired) electrons. The molecule has 0 spiro atoms. The summed E-state index contributed by atoms with van der Waals surface area (Å²) in [5.74, 6) is 1.05. The first-order chi connectivity index (χ1) is 15.0. The molecule has 0 amide bonds. The number of methoxy groups -OCH3 is 1. The van der Waals surface area contributed by atoms with Gasteiger partial charge in [0.2, 0.25) is 0 Å². The molecule has 2 aromatic heterocycles. The van der Waals surface area contributed by atoms with Crippen LogP contribution in [0.1, 0.15) is 21.5 Å². The average molecular weight is 436 g/mol. The Kier molecular flexibility index (Phi) is 5.90. The second-order valence-corrected chi connectivity index (χ2v) is 7.77. The number of nitrogens with two attached hydrogens (primary N) is 1. The standard InChI is InChI=1S/C23H20N2O5S/c1-28-15-7-5-14(6-8-15)12-29-16-3-2-4-17(9-16)30-13-20-18-10-25-11-19(23(26)27)21(18)31-22(20)24/h2-11H,12-13,24H2,1H3,(H,26,27). The minimum absolute atomic E-state index is 0.134. The number of nitrogen functional groups attached to an aromatic ring is 1. The highest BCUT2D eigenvalue weighted by Crippen LogP contribution is 2.36. The van der Waals surface area contributed by atoms with Crippen LogP contribution in [-0.4, -0.2) is 23.2 Å². The number of carboxylic acids is 1. The molecule has 0 aliphatic heterocycles. The summed E-state index contributed by atoms with van der Waals surface area (Å²) in [4.78, 5) is 15.5. The number of aromatic carboxylic acids is 1. The van der Waals surface area contributed by atoms with Crippen LogP contribution in [0.4, 0.5) is 5.00 Å². The lowest BCUT2D eigenvalue weighted by molar-refractivity contribution is 0.0699. The summed E-state index contributed by atoms with van der Waals surface area (Å²) in [5.41, 5.74) is 8.01. The molecule has 3 N–H and O–H groups in total. The second kappa shape index (κ2) is 8.93. The third kappa shape index (κ3) is 4.54. The van der Waals surface area contributed by atoms with Crippen molar-refractivity contribution < 1.29 is 24.1 Å². The summed E-state index contributed by atoms with van der Waals surface area (Å²) < 4.78 is 17.5. The highest BCUT2D eigenvalue weighted by molar-refractivity contribution is 7.23. The van der Waals surface area contributed by atoms with Crippen LogP contribution in [0, 0.1) is 0 Å². The van der Waals surface area contributed by atoms with Crippen LogP contribution in [0.2, 0.25) is 0 Å². The molecule has 4 aromatic rings. The number of anilines is 1. The van der Waals surface area contributed by atoms with Crippen molar-refractivity contribution in [2.75, 3.05) is 12.8 Å². The number of hydrogen-bond donors (Lipinski definition) is 2. The zero-order chi connectivity index (χ0) is 21.8. The minimum Gasteiger partial charge on any atom is -0.497 e. The number of rotatable bonds is 8. The molecule has 0 aliphatic rings. The van der Waals surface area contributed by atoms with Crippen molar-refractivity contribution in [3.63, 3.8) is 0 Å². The molecule has 0 saturated carbocycles. The van der Waals surface area contributed by atoms with E-state index < -0.39 is 5.97 Å². The van der Waals surface area contributed by atoms with Gasteiger partial charge in [-0.15, -0.1) is 11.3 Å². The third-order valence-electron chi connectivity index (χ3n) is 4.71. The first-order valence-electron chi connectivity index (χ1n) is 9.42. The Morgan fingerprint density at radius 1 is 1.03 bits per heavy atom. The van der Waals surface area contributed by atoms with Crippen LogP contribution in [0.15, 0.2) is 60.9 Å². The first kappa shape index (κ1) is 20.5. The molecule has 8 heteroatoms. The van der Waals surface area contributed by atoms with Gasteiger partial charge in [0.15, 0.2) is 0 Å². The number of ether oxygens (including phenoxy) is 3. The van der Waals surface area contributed by atoms with Gasteiger partial charge in [0.1, 0.15) is 30.5 Å². The van der Waals surface area contributed by atoms with E-state index in [1.807, 2.05) is 42.5 Å². The molecule has 158 valence electrons. The van der Waals surface area contributed by atoms with Gasteiger partial charge in [-0.25, -0.2) is 4.79 Å². The summed E-state index contributed by atoms with van der Waals surface area (Å²) >= 11 is 1.22. The molecular weight excluding hydrogens is 416 g/mol. The largest absolute Gasteiger partial charge is 0.497 e. The average Bonchev–Trinajstić information content (AvgIpc) is 3.11. The van der Waals surface area contributed by atoms with Gasteiger partial charge in [0.05, 0.1) is 22.4 Å². The van der Waals surface area contributed by atoms with E-state index in [0.717, 1.165) is 16.9 Å². The number of nitrogens with zero attached hydrogens (tertiary/aromatic N) is 1. The van der Waals surface area contributed by atoms with E-state index in [-0.39, 0.29) is 12.2 Å². The maximum atomic E-state index is 11.4. The number of thiophene rings is 1. The lowest BCUT2D eigenvalue weighted by Gasteiger charge is -2.10. The SMILES string of the molecule is COc1ccc(COc2cccc(OCc3c(N)sc4c(C(=O)O)cncc34)c2)cc1. The quantitative estimate of drug-likeness (QED) is 0.411. The Morgan fingerprint density at radius 3 is 2.42 bits per heavy atom. The molecule has 0 atom stereocenters. The second-order valence-electron chi connectivity index (χ2n) is 6.71. The molecule has 0 aliphatic carbocycles. The third-order valence-corrected chi connectivity index (χ3v) is 5.82. The van der Waals surface area contributed by atoms with Crippen LogP contribution in [0.5, 0.6) is 17.2 Å². The fourth-order valence-electron chi connectivity index (χ4n) is 3.08. The van der Waals surface area contributed by atoms with Gasteiger partial charge < -0.3 is 25.1 Å². The maximum Gasteiger partial charge on any atom is 0.338 e. The number of hydrogen-bond acceptors (Lipinski definition) is 7. The topological polar surface area (TPSA) is 104 Å². The lowest BCUT2D eigenvalue weighted by atomic mass is 10.1. The number of carboxylic acid groups (broad SMARTS) is 1. The van der Waals surface area contributed by atoms with E-state index in [2.05, 4.69) is 4.98 Å². The fraction of sp³-hybridized carbons (Fsp3) is 0.130. The molecule has 31 heavy (non-hydrogen) atoms. The molecule has 0 fully saturated rings. The highest BCUT2D eigenvalue weighted by atomic mass is 32.1. The zero-order valence-corrected chi connectivity index (χ0v) is 17.5. The Hall–Kier alpha value is -3.78. The Balaban J connectivity index is 1.45. The van der Waals surface area contributed by atoms with Gasteiger partial charge >= 0.3 is 5.97 Å². The van der Waals surface area contributed by atoms with Crippen molar-refractivity contribution in [2.24, 2.45) is 0 Å². The smallest absolute Gasteiger partial charge is 0.338 e. The normalized spacial score (nSPS) is 10.7. The number of benzene rings is 2. The Labute approximate surface area is 182 Å². The lowest BCUT2D eigenvalue weighted by Crippen LogP contribution is -2.00. The van der Waals surface area contributed by atoms with Crippen molar-refractivity contribution in [3.8, 4) is 17.2 Å². The molecule has 4 rings (SSSR count). The van der Waals surface area contributed by atoms with Gasteiger partial charge in [-0.05, 0) is 29.8 Å². The summed E-state index contributed by atoms with van der Waals surface area (Å²) in [5, 5.41) is 10.6. The van der Waals surface area contributed by atoms with E-state index in [1.54, 1.807) is 19.4 Å². The van der Waals surface area contributed by atoms with Gasteiger partial charge in [-0.1, -0.05) is 18.2 Å². The van der Waals surface area contributed by atoms with Crippen LogP contribution >= 0.6 is 11.3 Å². The van der Waals surface area contributed by atoms with Crippen LogP contribution in [0.3, 0.4) is 0 Å². The van der Waals surface area contributed by atoms with E-state index in [9.17, 15) is 9.90 Å². The van der Waals surface area contributed by atoms with E-state index in [0.29, 0.717) is 33.2 Å². The van der Waals surface area contributed by atoms with E-state index in [1.165, 1.54) is 17.5 Å². The van der Waals surface area contributed by atoms with Crippen molar-refractivity contribution in [1.29, 1.82) is 0 Å². The van der Waals surface area contributed by atoms with Crippen LogP contribution in [-0.2, 0) is 13.2 Å². The van der Waals surface area contributed by atoms with Crippen molar-refractivity contribution in [2.45, 2.75) is 13.2 Å². The number of carbonyl (C=O) groups is 1. The molecule has 2 heterocycles. The molecule has 0 saturated heterocycles. The first-order valence-corrected chi connectivity index (χ1v) is 10.2. The number of fused-ring (bicyclic) bond motifs is 1. The highest BCUT2D eigenvalue weighted by Gasteiger charge is 2.17. The summed E-state index contributed by atoms with van der Waals surface area (Å²) in [6, 6.07) is 15.0. The van der Waals surface area contributed by atoms with Crippen LogP contribution < -0.4 is 19.9 Å². The van der Waals surface area contributed by atoms with Crippen molar-refractivity contribution in [1.82, 2.24) is 4.98 Å². The fourth-order valence-corrected chi connectivity index (χ4v) is 4.12. The molecular formula is C23H20N2O5S. The van der Waals surface area contributed by atoms with Crippen molar-refractivity contribution in [3.05, 3.63) is 77.6 Å². The van der Waals surface area contributed by atoms with E-state index >= 15 is 0 Å². The molecule has 0 bridgehead atoms. The monoisotopic (exact) mass is 436 g/mol. The summed E-state index contributed by atoms with van der Waals surface area (Å²) in [6.07, 6.45) is 2.94. The summed E-state index contributed by atoms with van der Waals surface area (Å²) in [6.45, 7) is 0.609. The number of pyridine rings is 1. The molecule has 2 aromatic carbocycles. The zero-order valence-electron chi connectivity index (χ0n) is 16.7. The van der Waals surface area contributed by atoms with Gasteiger partial charge in [-0.3, -0.25) is 4.98 Å². The molecule has 0 unspecified atom stereocenters. The summed E-state index contributed by atoms with van der Waals surface area (Å²) in [7, 11) is 1.63. The van der Waals surface area contributed by atoms with Crippen molar-refractivity contribution >= 4 is 32.4 Å². The molecule has 7 nitrogen and oxygen atoms in total. The Bertz CT molecular complexity index is 1220. The van der Waals surface area contributed by atoms with Gasteiger partial charge in [0, 0.05) is 29.4 Å². The Morgan fingerprint density at radius 2 is 1.74 bits per heavy atom. The maximum absolute atomic E-state index is 11.4. The minimum atomic E-state index is -1.03.